The van der Waals surface area contributed by atoms with Crippen LogP contribution < -0.4 is 4.90 Å². The van der Waals surface area contributed by atoms with Crippen LogP contribution in [-0.4, -0.2) is 72.2 Å². The number of carboxylic acid groups (broad SMARTS) is 2. The minimum absolute atomic E-state index is 0.00800. The van der Waals surface area contributed by atoms with Gasteiger partial charge in [-0.15, -0.1) is 0 Å². The smallest absolute Gasteiger partial charge is 0.323 e. The van der Waals surface area contributed by atoms with Crippen LogP contribution >= 0.6 is 47.5 Å². The molecule has 5 N–H and O–H groups in total. The van der Waals surface area contributed by atoms with E-state index in [1.54, 1.807) is 42.2 Å². The van der Waals surface area contributed by atoms with Crippen molar-refractivity contribution < 1.29 is 47.8 Å². The number of thioether (sulfide) groups is 1. The topological polar surface area (TPSA) is 198 Å². The maximum absolute atomic E-state index is 13.3. The summed E-state index contributed by atoms with van der Waals surface area (Å²) in [5, 5.41) is 39.5. The van der Waals surface area contributed by atoms with Crippen LogP contribution in [0.15, 0.2) is 75.0 Å². The Labute approximate surface area is 281 Å². The lowest BCUT2D eigenvalue weighted by Crippen LogP contribution is -2.39. The van der Waals surface area contributed by atoms with Crippen molar-refractivity contribution in [3.8, 4) is 5.88 Å². The van der Waals surface area contributed by atoms with Crippen LogP contribution in [0.3, 0.4) is 0 Å². The summed E-state index contributed by atoms with van der Waals surface area (Å²) in [6, 6.07) is 11.2. The van der Waals surface area contributed by atoms with Crippen molar-refractivity contribution in [1.82, 2.24) is 9.47 Å². The van der Waals surface area contributed by atoms with E-state index in [1.165, 1.54) is 30.0 Å². The molecule has 1 aliphatic heterocycles. The maximum Gasteiger partial charge on any atom is 0.323 e. The first kappa shape index (κ1) is 35.0. The number of anilines is 1. The van der Waals surface area contributed by atoms with Crippen molar-refractivity contribution in [2.45, 2.75) is 36.4 Å². The monoisotopic (exact) mass is 723 g/mol. The molecule has 46 heavy (non-hydrogen) atoms. The van der Waals surface area contributed by atoms with Gasteiger partial charge >= 0.3 is 11.9 Å². The molecule has 2 aromatic carbocycles. The molecule has 1 amide bonds. The zero-order valence-electron chi connectivity index (χ0n) is 23.7. The van der Waals surface area contributed by atoms with Gasteiger partial charge < -0.3 is 25.3 Å². The number of rotatable bonds is 11. The first-order valence-electron chi connectivity index (χ1n) is 13.0. The van der Waals surface area contributed by atoms with Gasteiger partial charge in [0.25, 0.3) is 16.0 Å². The van der Waals surface area contributed by atoms with Gasteiger partial charge in [-0.2, -0.15) is 8.42 Å². The summed E-state index contributed by atoms with van der Waals surface area (Å²) in [5.74, 6) is -4.17. The molecule has 0 saturated heterocycles. The number of aliphatic hydroxyl groups is 1. The van der Waals surface area contributed by atoms with Crippen molar-refractivity contribution in [2.24, 2.45) is 0 Å². The van der Waals surface area contributed by atoms with Gasteiger partial charge in [-0.3, -0.25) is 28.4 Å². The summed E-state index contributed by atoms with van der Waals surface area (Å²) < 4.78 is 34.8. The van der Waals surface area contributed by atoms with E-state index in [2.05, 4.69) is 0 Å². The number of carboxylic acids is 2. The Morgan fingerprint density at radius 3 is 2.39 bits per heavy atom. The number of aliphatic carboxylic acids is 2. The van der Waals surface area contributed by atoms with Gasteiger partial charge in [-0.1, -0.05) is 65.7 Å². The van der Waals surface area contributed by atoms with Gasteiger partial charge in [-0.05, 0) is 54.0 Å². The minimum Gasteiger partial charge on any atom is -0.493 e. The third-order valence-corrected chi connectivity index (χ3v) is 10.8. The molecule has 1 aromatic heterocycles. The van der Waals surface area contributed by atoms with E-state index in [4.69, 9.17) is 29.5 Å². The van der Waals surface area contributed by atoms with Gasteiger partial charge in [0, 0.05) is 11.0 Å². The lowest BCUT2D eigenvalue weighted by atomic mass is 10.1. The lowest BCUT2D eigenvalue weighted by molar-refractivity contribution is -0.140. The molecule has 3 aromatic rings. The Kier molecular flexibility index (Phi) is 10.8. The molecule has 0 saturated carbocycles. The Bertz CT molecular complexity index is 1980. The van der Waals surface area contributed by atoms with Gasteiger partial charge in [0.15, 0.2) is 3.95 Å². The third-order valence-electron chi connectivity index (χ3n) is 6.50. The molecule has 0 bridgehead atoms. The van der Waals surface area contributed by atoms with E-state index in [0.717, 1.165) is 31.8 Å². The molecule has 0 fully saturated rings. The number of hydrogen-bond donors (Lipinski definition) is 5. The van der Waals surface area contributed by atoms with Crippen LogP contribution in [-0.2, 0) is 44.2 Å². The highest BCUT2D eigenvalue weighted by molar-refractivity contribution is 8.03. The van der Waals surface area contributed by atoms with E-state index in [9.17, 15) is 42.7 Å². The SMILES string of the molecule is C/C(C=CC(=O)N(CC(=O)O)C(=S)c1sc(=S)n(CC(=O)O)c1O)=C1\Sc2ccc(CO)cc2N1Cc1ccccc1S(=O)(=O)O. The fourth-order valence-electron chi connectivity index (χ4n) is 4.41. The summed E-state index contributed by atoms with van der Waals surface area (Å²) in [7, 11) is -4.55. The quantitative estimate of drug-likeness (QED) is 0.108. The van der Waals surface area contributed by atoms with Crippen molar-refractivity contribution in [3.63, 3.8) is 0 Å². The highest BCUT2D eigenvalue weighted by atomic mass is 32.2. The van der Waals surface area contributed by atoms with Crippen LogP contribution in [0.25, 0.3) is 0 Å². The largest absolute Gasteiger partial charge is 0.493 e. The summed E-state index contributed by atoms with van der Waals surface area (Å²) >= 11 is 12.5. The van der Waals surface area contributed by atoms with Crippen LogP contribution in [0.2, 0.25) is 0 Å². The first-order chi connectivity index (χ1) is 21.6. The number of thiazole rings is 1. The fraction of sp³-hybridized carbons (Fsp3) is 0.179. The second-order valence-corrected chi connectivity index (χ2v) is 14.1. The van der Waals surface area contributed by atoms with E-state index in [0.29, 0.717) is 21.9 Å². The van der Waals surface area contributed by atoms with Crippen molar-refractivity contribution in [3.05, 3.63) is 85.2 Å². The number of nitrogens with zero attached hydrogens (tertiary/aromatic N) is 3. The second kappa shape index (κ2) is 14.2. The summed E-state index contributed by atoms with van der Waals surface area (Å²) in [5.41, 5.74) is 2.04. The molecule has 0 atom stereocenters. The van der Waals surface area contributed by atoms with Crippen LogP contribution in [0.4, 0.5) is 5.69 Å². The normalized spacial score (nSPS) is 13.9. The fourth-order valence-corrected chi connectivity index (χ4v) is 7.85. The van der Waals surface area contributed by atoms with Crippen LogP contribution in [0, 0.1) is 3.95 Å². The molecule has 2 heterocycles. The highest BCUT2D eigenvalue weighted by Crippen LogP contribution is 2.48. The minimum atomic E-state index is -4.55. The molecule has 4 rings (SSSR count). The van der Waals surface area contributed by atoms with Gasteiger partial charge in [0.05, 0.1) is 28.8 Å². The Balaban J connectivity index is 1.71. The van der Waals surface area contributed by atoms with E-state index in [-0.39, 0.29) is 37.4 Å². The number of aromatic hydroxyl groups is 1. The van der Waals surface area contributed by atoms with E-state index >= 15 is 0 Å². The van der Waals surface area contributed by atoms with Gasteiger partial charge in [-0.25, -0.2) is 0 Å². The summed E-state index contributed by atoms with van der Waals surface area (Å²) in [4.78, 5) is 38.6. The van der Waals surface area contributed by atoms with Crippen molar-refractivity contribution in [1.29, 1.82) is 0 Å². The standard InChI is InChI=1S/C28H25N3O10S5/c1-15(6-9-21(33)30(12-22(34)35)26(42)24-25(38)31(13-23(36)37)28(43)45-24)27-29(18-10-16(14-32)7-8-19(18)44-27)11-17-4-2-3-5-20(17)46(39,40)41/h2-10,32,38H,11-14H2,1H3,(H,34,35)(H,36,37)(H,39,40,41)/b9-6?,27-15+. The number of thiocarbonyl (C=S) groups is 1. The molecule has 0 radical (unpaired) electrons. The zero-order valence-corrected chi connectivity index (χ0v) is 27.8. The Hall–Kier alpha value is -3.91. The molecule has 0 aliphatic carbocycles. The number of allylic oxidation sites excluding steroid dienone is 2. The predicted octanol–water partition coefficient (Wildman–Crippen LogP) is 4.00. The average Bonchev–Trinajstić information content (AvgIpc) is 3.49. The lowest BCUT2D eigenvalue weighted by Gasteiger charge is -2.23. The van der Waals surface area contributed by atoms with E-state index in [1.807, 2.05) is 0 Å². The molecule has 13 nitrogen and oxygen atoms in total. The molecular formula is C28H25N3O10S5. The zero-order chi connectivity index (χ0) is 33.9. The number of aliphatic hydroxyl groups excluding tert-OH is 1. The Morgan fingerprint density at radius 2 is 1.76 bits per heavy atom. The molecule has 18 heteroatoms. The van der Waals surface area contributed by atoms with Crippen LogP contribution in [0.1, 0.15) is 22.9 Å². The third kappa shape index (κ3) is 7.72. The number of carbonyl (C=O) groups is 3. The number of benzene rings is 2. The second-order valence-electron chi connectivity index (χ2n) is 9.68. The maximum atomic E-state index is 13.3. The number of aromatic nitrogens is 1. The van der Waals surface area contributed by atoms with Crippen molar-refractivity contribution in [2.75, 3.05) is 11.4 Å². The van der Waals surface area contributed by atoms with Gasteiger partial charge in [0.2, 0.25) is 5.88 Å². The molecule has 0 spiro atoms. The number of hydrogen-bond acceptors (Lipinski definition) is 12. The van der Waals surface area contributed by atoms with Gasteiger partial charge in [0.1, 0.15) is 23.0 Å². The number of carbonyl (C=O) groups excluding carboxylic acids is 1. The first-order valence-corrected chi connectivity index (χ1v) is 16.9. The molecule has 0 unspecified atom stereocenters. The molecule has 242 valence electrons. The highest BCUT2D eigenvalue weighted by Gasteiger charge is 2.30. The summed E-state index contributed by atoms with van der Waals surface area (Å²) in [6.07, 6.45) is 2.50. The van der Waals surface area contributed by atoms with Crippen LogP contribution in [0.5, 0.6) is 5.88 Å². The average molecular weight is 724 g/mol. The summed E-state index contributed by atoms with van der Waals surface area (Å²) in [6.45, 7) is -0.123. The van der Waals surface area contributed by atoms with E-state index < -0.39 is 46.9 Å². The molecular weight excluding hydrogens is 699 g/mol. The molecule has 1 aliphatic rings. The predicted molar refractivity (Wildman–Crippen MR) is 176 cm³/mol. The number of amides is 1. The Morgan fingerprint density at radius 1 is 1.07 bits per heavy atom. The number of fused-ring (bicyclic) bond motifs is 1. The van der Waals surface area contributed by atoms with Crippen molar-refractivity contribution >= 4 is 86.2 Å².